The molecule has 6 nitrogen and oxygen atoms in total. The summed E-state index contributed by atoms with van der Waals surface area (Å²) in [7, 11) is 3.03. The van der Waals surface area contributed by atoms with Gasteiger partial charge in [-0.3, -0.25) is 4.79 Å². The van der Waals surface area contributed by atoms with Crippen LogP contribution in [0, 0.1) is 11.3 Å². The van der Waals surface area contributed by atoms with Crippen molar-refractivity contribution in [3.05, 3.63) is 39.8 Å². The molecule has 3 N–H and O–H groups in total. The van der Waals surface area contributed by atoms with E-state index in [1.54, 1.807) is 18.2 Å². The number of nitrogens with two attached hydrogens (primary N) is 1. The van der Waals surface area contributed by atoms with Crippen LogP contribution < -0.4 is 20.1 Å². The van der Waals surface area contributed by atoms with E-state index in [0.717, 1.165) is 16.9 Å². The Bertz CT molecular complexity index is 970. The van der Waals surface area contributed by atoms with Crippen LogP contribution in [0.4, 0.5) is 5.00 Å². The van der Waals surface area contributed by atoms with Gasteiger partial charge in [-0.25, -0.2) is 0 Å². The predicted molar refractivity (Wildman–Crippen MR) is 109 cm³/mol. The molecule has 3 rings (SSSR count). The van der Waals surface area contributed by atoms with E-state index in [0.29, 0.717) is 27.6 Å². The summed E-state index contributed by atoms with van der Waals surface area (Å²) in [6, 6.07) is 7.47. The first kappa shape index (κ1) is 20.2. The first-order valence-corrected chi connectivity index (χ1v) is 9.91. The van der Waals surface area contributed by atoms with Gasteiger partial charge in [0.25, 0.3) is 5.91 Å². The largest absolute Gasteiger partial charge is 0.493 e. The van der Waals surface area contributed by atoms with Gasteiger partial charge >= 0.3 is 0 Å². The lowest BCUT2D eigenvalue weighted by atomic mass is 9.81. The molecule has 28 heavy (non-hydrogen) atoms. The molecular weight excluding hydrogens is 374 g/mol. The molecule has 0 spiro atoms. The lowest BCUT2D eigenvalue weighted by Gasteiger charge is -2.38. The Morgan fingerprint density at radius 1 is 1.25 bits per heavy atom. The maximum Gasteiger partial charge on any atom is 0.260 e. The number of fused-ring (bicyclic) bond motifs is 1. The fourth-order valence-corrected chi connectivity index (χ4v) is 5.38. The molecule has 1 amide bonds. The van der Waals surface area contributed by atoms with Gasteiger partial charge in [0, 0.05) is 6.42 Å². The van der Waals surface area contributed by atoms with Crippen molar-refractivity contribution < 1.29 is 19.6 Å². The molecule has 0 atom stereocenters. The summed E-state index contributed by atoms with van der Waals surface area (Å²) in [5.41, 5.74) is 1.79. The van der Waals surface area contributed by atoms with Crippen LogP contribution in [0.2, 0.25) is 0 Å². The number of anilines is 1. The van der Waals surface area contributed by atoms with E-state index in [4.69, 9.17) is 9.47 Å². The standard InChI is InChI=1S/C21H25N3O3S/c1-20(2)10-13-14(11-22)19(28-17(13)21(3,4)24-20)23-18(25)12-8-7-9-15(26-5)16(12)27-6/h7-9,24H,10H2,1-6H3,(H,23,25)/p+1. The topological polar surface area (TPSA) is 88.0 Å². The van der Waals surface area contributed by atoms with Gasteiger partial charge < -0.3 is 20.1 Å². The summed E-state index contributed by atoms with van der Waals surface area (Å²) in [5, 5.41) is 15.7. The fourth-order valence-electron chi connectivity index (χ4n) is 4.15. The Morgan fingerprint density at radius 2 is 1.96 bits per heavy atom. The predicted octanol–water partition coefficient (Wildman–Crippen LogP) is 3.02. The Balaban J connectivity index is 2.03. The van der Waals surface area contributed by atoms with E-state index in [2.05, 4.69) is 44.4 Å². The number of benzene rings is 1. The van der Waals surface area contributed by atoms with Crippen LogP contribution in [0.15, 0.2) is 18.2 Å². The molecule has 0 saturated carbocycles. The van der Waals surface area contributed by atoms with Crippen molar-refractivity contribution >= 4 is 22.2 Å². The van der Waals surface area contributed by atoms with Gasteiger partial charge in [-0.2, -0.15) is 5.26 Å². The lowest BCUT2D eigenvalue weighted by molar-refractivity contribution is -0.789. The molecule has 0 radical (unpaired) electrons. The number of thiophene rings is 1. The third-order valence-electron chi connectivity index (χ3n) is 4.96. The lowest BCUT2D eigenvalue weighted by Crippen LogP contribution is -3.03. The highest BCUT2D eigenvalue weighted by molar-refractivity contribution is 7.16. The molecule has 0 saturated heterocycles. The summed E-state index contributed by atoms with van der Waals surface area (Å²) in [4.78, 5) is 14.1. The number of nitrogens with one attached hydrogen (secondary N) is 1. The number of hydrogen-bond donors (Lipinski definition) is 2. The zero-order valence-electron chi connectivity index (χ0n) is 17.1. The molecule has 148 valence electrons. The van der Waals surface area contributed by atoms with Crippen LogP contribution in [0.25, 0.3) is 0 Å². The van der Waals surface area contributed by atoms with Crippen LogP contribution in [-0.2, 0) is 12.0 Å². The maximum absolute atomic E-state index is 13.0. The van der Waals surface area contributed by atoms with Gasteiger partial charge in [-0.1, -0.05) is 6.07 Å². The third-order valence-corrected chi connectivity index (χ3v) is 6.45. The SMILES string of the molecule is COc1cccc(C(=O)Nc2sc3c(c2C#N)CC(C)(C)[NH2+]C3(C)C)c1OC. The number of ether oxygens (including phenoxy) is 2. The molecule has 1 aromatic heterocycles. The number of carbonyl (C=O) groups is 1. The molecule has 7 heteroatoms. The zero-order chi connectivity index (χ0) is 20.7. The Morgan fingerprint density at radius 3 is 2.57 bits per heavy atom. The number of para-hydroxylation sites is 1. The van der Waals surface area contributed by atoms with Gasteiger partial charge in [-0.15, -0.1) is 11.3 Å². The van der Waals surface area contributed by atoms with E-state index >= 15 is 0 Å². The van der Waals surface area contributed by atoms with E-state index in [-0.39, 0.29) is 17.0 Å². The highest BCUT2D eigenvalue weighted by atomic mass is 32.1. The molecule has 0 bridgehead atoms. The molecule has 2 aromatic rings. The summed E-state index contributed by atoms with van der Waals surface area (Å²) in [6.07, 6.45) is 0.781. The van der Waals surface area contributed by atoms with E-state index in [1.807, 2.05) is 0 Å². The number of amides is 1. The summed E-state index contributed by atoms with van der Waals surface area (Å²) in [6.45, 7) is 8.66. The third kappa shape index (κ3) is 3.46. The Labute approximate surface area is 169 Å². The summed E-state index contributed by atoms with van der Waals surface area (Å²) >= 11 is 1.48. The number of quaternary nitrogens is 1. The van der Waals surface area contributed by atoms with Crippen molar-refractivity contribution in [2.45, 2.75) is 45.2 Å². The Kier molecular flexibility index (Phi) is 5.13. The van der Waals surface area contributed by atoms with Gasteiger partial charge in [0.2, 0.25) is 0 Å². The average Bonchev–Trinajstić information content (AvgIpc) is 2.96. The monoisotopic (exact) mass is 400 g/mol. The second kappa shape index (κ2) is 7.12. The number of rotatable bonds is 4. The van der Waals surface area contributed by atoms with Crippen LogP contribution in [-0.4, -0.2) is 25.7 Å². The van der Waals surface area contributed by atoms with Crippen molar-refractivity contribution in [1.82, 2.24) is 0 Å². The zero-order valence-corrected chi connectivity index (χ0v) is 17.9. The van der Waals surface area contributed by atoms with Gasteiger partial charge in [0.1, 0.15) is 16.6 Å². The highest BCUT2D eigenvalue weighted by Crippen LogP contribution is 2.42. The number of nitrogens with zero attached hydrogens (tertiary/aromatic N) is 1. The molecule has 0 unspecified atom stereocenters. The number of nitriles is 1. The molecular formula is C21H26N3O3S+. The van der Waals surface area contributed by atoms with Crippen molar-refractivity contribution in [2.75, 3.05) is 19.5 Å². The second-order valence-electron chi connectivity index (χ2n) is 8.25. The van der Waals surface area contributed by atoms with E-state index in [1.165, 1.54) is 25.6 Å². The fraction of sp³-hybridized carbons (Fsp3) is 0.429. The van der Waals surface area contributed by atoms with Crippen molar-refractivity contribution in [1.29, 1.82) is 5.26 Å². The van der Waals surface area contributed by atoms with Crippen LogP contribution in [0.1, 0.15) is 54.1 Å². The summed E-state index contributed by atoms with van der Waals surface area (Å²) in [5.74, 6) is 0.530. The molecule has 1 aliphatic heterocycles. The van der Waals surface area contributed by atoms with Gasteiger partial charge in [-0.05, 0) is 45.4 Å². The minimum Gasteiger partial charge on any atom is -0.493 e. The van der Waals surface area contributed by atoms with Crippen LogP contribution >= 0.6 is 11.3 Å². The minimum atomic E-state index is -0.327. The van der Waals surface area contributed by atoms with Gasteiger partial charge in [0.05, 0.1) is 35.8 Å². The molecule has 0 aliphatic carbocycles. The smallest absolute Gasteiger partial charge is 0.260 e. The molecule has 1 aromatic carbocycles. The average molecular weight is 401 g/mol. The van der Waals surface area contributed by atoms with Crippen molar-refractivity contribution in [3.63, 3.8) is 0 Å². The van der Waals surface area contributed by atoms with Crippen LogP contribution in [0.3, 0.4) is 0 Å². The van der Waals surface area contributed by atoms with Crippen molar-refractivity contribution in [3.8, 4) is 17.6 Å². The number of carbonyl (C=O) groups excluding carboxylic acids is 1. The normalized spacial score (nSPS) is 16.6. The highest BCUT2D eigenvalue weighted by Gasteiger charge is 2.44. The number of methoxy groups -OCH3 is 2. The molecule has 0 fully saturated rings. The summed E-state index contributed by atoms with van der Waals surface area (Å²) < 4.78 is 10.7. The molecule has 1 aliphatic rings. The van der Waals surface area contributed by atoms with E-state index in [9.17, 15) is 10.1 Å². The van der Waals surface area contributed by atoms with Crippen LogP contribution in [0.5, 0.6) is 11.5 Å². The Hall–Kier alpha value is -2.56. The van der Waals surface area contributed by atoms with Crippen molar-refractivity contribution in [2.24, 2.45) is 0 Å². The first-order valence-electron chi connectivity index (χ1n) is 9.09. The second-order valence-corrected chi connectivity index (χ2v) is 9.27. The first-order chi connectivity index (χ1) is 13.1. The van der Waals surface area contributed by atoms with E-state index < -0.39 is 0 Å². The maximum atomic E-state index is 13.0. The minimum absolute atomic E-state index is 0.0134. The van der Waals surface area contributed by atoms with Gasteiger partial charge in [0.15, 0.2) is 11.5 Å². The molecule has 2 heterocycles. The number of hydrogen-bond acceptors (Lipinski definition) is 5. The quantitative estimate of drug-likeness (QED) is 0.826.